The molecule has 3 N–H and O–H groups in total. The highest BCUT2D eigenvalue weighted by Gasteiger charge is 2.35. The smallest absolute Gasteiger partial charge is 0.407 e. The van der Waals surface area contributed by atoms with Crippen LogP contribution in [-0.2, 0) is 0 Å². The van der Waals surface area contributed by atoms with E-state index in [-0.39, 0.29) is 24.4 Å². The molecule has 2 atom stereocenters. The number of hydrogen-bond donors (Lipinski definition) is 3. The third-order valence-corrected chi connectivity index (χ3v) is 9.31. The number of aliphatic hydroxyl groups is 1. The molecule has 4 aromatic rings. The first-order chi connectivity index (χ1) is 20.7. The Morgan fingerprint density at radius 2 is 2.00 bits per heavy atom. The number of nitrogens with zero attached hydrogens (tertiary/aromatic N) is 4. The van der Waals surface area contributed by atoms with Gasteiger partial charge < -0.3 is 25.2 Å². The van der Waals surface area contributed by atoms with Crippen molar-refractivity contribution in [2.75, 3.05) is 39.8 Å². The van der Waals surface area contributed by atoms with Gasteiger partial charge in [0.25, 0.3) is 5.91 Å². The van der Waals surface area contributed by atoms with Crippen molar-refractivity contribution in [2.45, 2.75) is 44.0 Å². The van der Waals surface area contributed by atoms with E-state index in [9.17, 15) is 24.2 Å². The van der Waals surface area contributed by atoms with Crippen LogP contribution in [0, 0.1) is 5.82 Å². The lowest BCUT2D eigenvalue weighted by Gasteiger charge is -2.28. The summed E-state index contributed by atoms with van der Waals surface area (Å²) in [5, 5.41) is 22.4. The third-order valence-electron chi connectivity index (χ3n) is 8.29. The quantitative estimate of drug-likeness (QED) is 0.247. The van der Waals surface area contributed by atoms with Gasteiger partial charge in [-0.3, -0.25) is 14.1 Å². The molecule has 13 heteroatoms. The largest absolute Gasteiger partial charge is 0.496 e. The van der Waals surface area contributed by atoms with Gasteiger partial charge in [-0.15, -0.1) is 0 Å². The van der Waals surface area contributed by atoms with Crippen LogP contribution in [0.5, 0.6) is 5.75 Å². The summed E-state index contributed by atoms with van der Waals surface area (Å²) in [5.74, 6) is -0.378. The number of β-amino-alcohol motifs (C(OH)–C–C–N with tert-alkyl or cyclic N) is 1. The number of carbonyl (C=O) groups excluding carboxylic acids is 1. The fraction of sp³-hybridized carbons (Fsp3) is 0.433. The van der Waals surface area contributed by atoms with E-state index in [0.717, 1.165) is 41.2 Å². The number of rotatable bonds is 8. The first-order valence-electron chi connectivity index (χ1n) is 14.3. The van der Waals surface area contributed by atoms with Crippen LogP contribution in [0.4, 0.5) is 13.6 Å². The minimum Gasteiger partial charge on any atom is -0.496 e. The van der Waals surface area contributed by atoms with Crippen LogP contribution in [0.3, 0.4) is 0 Å². The first-order valence-corrected chi connectivity index (χ1v) is 15.1. The van der Waals surface area contributed by atoms with E-state index >= 15 is 4.39 Å². The molecular formula is C30H33F2N5O5S. The Labute approximate surface area is 250 Å². The second-order valence-electron chi connectivity index (χ2n) is 11.1. The number of carboxylic acid groups (broad SMARTS) is 1. The third kappa shape index (κ3) is 5.89. The number of thiazole rings is 1. The Hall–Kier alpha value is -3.81. The van der Waals surface area contributed by atoms with E-state index in [2.05, 4.69) is 15.2 Å². The number of piperidine rings is 1. The summed E-state index contributed by atoms with van der Waals surface area (Å²) in [4.78, 5) is 33.2. The van der Waals surface area contributed by atoms with Gasteiger partial charge in [-0.25, -0.2) is 18.6 Å². The summed E-state index contributed by atoms with van der Waals surface area (Å²) in [5.41, 5.74) is 2.33. The van der Waals surface area contributed by atoms with Gasteiger partial charge in [0.15, 0.2) is 4.96 Å². The van der Waals surface area contributed by atoms with Gasteiger partial charge in [-0.05, 0) is 56.0 Å². The molecular weight excluding hydrogens is 580 g/mol. The number of halogens is 2. The molecule has 2 aromatic carbocycles. The van der Waals surface area contributed by atoms with Crippen molar-refractivity contribution < 1.29 is 33.3 Å². The number of alkyl halides is 1. The van der Waals surface area contributed by atoms with E-state index < -0.39 is 30.2 Å². The van der Waals surface area contributed by atoms with E-state index in [4.69, 9.17) is 4.74 Å². The number of aromatic nitrogens is 2. The normalized spacial score (nSPS) is 19.9. The Bertz CT molecular complexity index is 1670. The molecule has 6 rings (SSSR count). The number of hydrogen-bond acceptors (Lipinski definition) is 7. The van der Waals surface area contributed by atoms with Gasteiger partial charge in [-0.1, -0.05) is 17.4 Å². The van der Waals surface area contributed by atoms with Crippen LogP contribution in [0.25, 0.3) is 26.4 Å². The number of methoxy groups -OCH3 is 1. The van der Waals surface area contributed by atoms with Crippen LogP contribution in [0.15, 0.2) is 36.5 Å². The minimum absolute atomic E-state index is 0.0116. The Kier molecular flexibility index (Phi) is 8.21. The van der Waals surface area contributed by atoms with Gasteiger partial charge in [0.05, 0.1) is 47.3 Å². The Balaban J connectivity index is 1.18. The number of benzene rings is 2. The summed E-state index contributed by atoms with van der Waals surface area (Å²) in [6, 6.07) is 7.47. The molecule has 0 unspecified atom stereocenters. The lowest BCUT2D eigenvalue weighted by molar-refractivity contribution is 0.0946. The molecule has 4 heterocycles. The second kappa shape index (κ2) is 12.1. The molecule has 0 radical (unpaired) electrons. The average Bonchev–Trinajstić information content (AvgIpc) is 3.68. The number of amides is 2. The maximum absolute atomic E-state index is 15.3. The van der Waals surface area contributed by atoms with Crippen molar-refractivity contribution in [3.05, 3.63) is 53.5 Å². The number of carbonyl (C=O) groups is 2. The predicted octanol–water partition coefficient (Wildman–Crippen LogP) is 4.70. The summed E-state index contributed by atoms with van der Waals surface area (Å²) in [6.45, 7) is 2.78. The molecule has 0 saturated carbocycles. The number of fused-ring (bicyclic) bond motifs is 3. The standard InChI is InChI=1S/C30H33F2N5O5S/c1-42-26-14-25-27(13-21(26)28(39)33-7-2-8-35-9-5-18(31)6-10-35)43-29-34-23(16-36(25)29)20-4-3-17(11-22(20)32)24-12-19(38)15-37(24)30(40)41/h3-4,11,13-14,16,18-19,24,38H,2,5-10,12,15H2,1H3,(H,33,39)(H,40,41)/t19-,24-/m1/s1. The summed E-state index contributed by atoms with van der Waals surface area (Å²) in [7, 11) is 1.50. The topological polar surface area (TPSA) is 120 Å². The fourth-order valence-corrected chi connectivity index (χ4v) is 7.04. The van der Waals surface area contributed by atoms with Gasteiger partial charge in [0, 0.05) is 37.5 Å². The van der Waals surface area contributed by atoms with Gasteiger partial charge in [0.2, 0.25) is 0 Å². The predicted molar refractivity (Wildman–Crippen MR) is 158 cm³/mol. The van der Waals surface area contributed by atoms with Crippen LogP contribution < -0.4 is 10.1 Å². The van der Waals surface area contributed by atoms with Crippen molar-refractivity contribution in [3.8, 4) is 17.0 Å². The molecule has 0 bridgehead atoms. The highest BCUT2D eigenvalue weighted by atomic mass is 32.1. The van der Waals surface area contributed by atoms with Crippen molar-refractivity contribution in [3.63, 3.8) is 0 Å². The Morgan fingerprint density at radius 3 is 2.72 bits per heavy atom. The minimum atomic E-state index is -1.16. The number of aliphatic hydroxyl groups excluding tert-OH is 1. The fourth-order valence-electron chi connectivity index (χ4n) is 6.01. The zero-order valence-electron chi connectivity index (χ0n) is 23.6. The van der Waals surface area contributed by atoms with Crippen molar-refractivity contribution >= 4 is 38.5 Å². The van der Waals surface area contributed by atoms with Crippen molar-refractivity contribution in [1.29, 1.82) is 0 Å². The number of ether oxygens (including phenoxy) is 1. The van der Waals surface area contributed by atoms with Gasteiger partial charge >= 0.3 is 6.09 Å². The van der Waals surface area contributed by atoms with E-state index in [0.29, 0.717) is 46.9 Å². The maximum atomic E-state index is 15.3. The monoisotopic (exact) mass is 613 g/mol. The molecule has 2 amide bonds. The number of imidazole rings is 1. The molecule has 2 fully saturated rings. The highest BCUT2D eigenvalue weighted by molar-refractivity contribution is 7.23. The van der Waals surface area contributed by atoms with Crippen LogP contribution in [0.2, 0.25) is 0 Å². The van der Waals surface area contributed by atoms with Crippen LogP contribution >= 0.6 is 11.3 Å². The lowest BCUT2D eigenvalue weighted by Crippen LogP contribution is -2.36. The van der Waals surface area contributed by atoms with Gasteiger partial charge in [-0.2, -0.15) is 0 Å². The Morgan fingerprint density at radius 1 is 1.21 bits per heavy atom. The van der Waals surface area contributed by atoms with E-state index in [1.54, 1.807) is 30.5 Å². The highest BCUT2D eigenvalue weighted by Crippen LogP contribution is 2.37. The SMILES string of the molecule is COc1cc2c(cc1C(=O)NCCCN1CCC(F)CC1)sc1nc(-c3ccc([C@H]4C[C@@H](O)CN4C(=O)O)cc3F)cn12. The van der Waals surface area contributed by atoms with Gasteiger partial charge in [0.1, 0.15) is 17.7 Å². The molecule has 10 nitrogen and oxygen atoms in total. The molecule has 228 valence electrons. The van der Waals surface area contributed by atoms with Crippen LogP contribution in [-0.4, -0.2) is 93.5 Å². The average molecular weight is 614 g/mol. The molecule has 2 saturated heterocycles. The van der Waals surface area contributed by atoms with E-state index in [1.807, 2.05) is 4.40 Å². The molecule has 0 aliphatic carbocycles. The van der Waals surface area contributed by atoms with Crippen molar-refractivity contribution in [1.82, 2.24) is 24.5 Å². The molecule has 2 aliphatic rings. The zero-order chi connectivity index (χ0) is 30.2. The molecule has 2 aromatic heterocycles. The van der Waals surface area contributed by atoms with Crippen molar-refractivity contribution in [2.24, 2.45) is 0 Å². The molecule has 43 heavy (non-hydrogen) atoms. The summed E-state index contributed by atoms with van der Waals surface area (Å²) < 4.78 is 36.9. The molecule has 0 spiro atoms. The zero-order valence-corrected chi connectivity index (χ0v) is 24.4. The number of nitrogens with one attached hydrogen (secondary N) is 1. The first kappa shape index (κ1) is 29.3. The number of likely N-dealkylation sites (tertiary alicyclic amines) is 2. The lowest BCUT2D eigenvalue weighted by atomic mass is 10.0. The second-order valence-corrected chi connectivity index (χ2v) is 12.1. The van der Waals surface area contributed by atoms with E-state index in [1.165, 1.54) is 24.5 Å². The van der Waals surface area contributed by atoms with Crippen LogP contribution in [0.1, 0.15) is 47.6 Å². The summed E-state index contributed by atoms with van der Waals surface area (Å²) in [6.07, 6.45) is 1.17. The summed E-state index contributed by atoms with van der Waals surface area (Å²) >= 11 is 1.37. The maximum Gasteiger partial charge on any atom is 0.407 e. The molecule has 2 aliphatic heterocycles.